The maximum Gasteiger partial charge on any atom is 0.333 e. The summed E-state index contributed by atoms with van der Waals surface area (Å²) in [6.45, 7) is -1.62. The molecule has 0 unspecified atom stereocenters. The summed E-state index contributed by atoms with van der Waals surface area (Å²) in [6.07, 6.45) is 0. The average molecular weight is 263 g/mol. The molecule has 0 radical (unpaired) electrons. The molecule has 0 aliphatic carbocycles. The first-order chi connectivity index (χ1) is 7.96. The van der Waals surface area contributed by atoms with Crippen LogP contribution in [0, 0.1) is 0 Å². The third-order valence-corrected chi connectivity index (χ3v) is 1.85. The summed E-state index contributed by atoms with van der Waals surface area (Å²) in [5.74, 6) is -3.78. The second-order valence-electron chi connectivity index (χ2n) is 2.79. The van der Waals surface area contributed by atoms with Crippen LogP contribution in [-0.4, -0.2) is 54.0 Å². The molecule has 0 atom stereocenters. The Morgan fingerprint density at radius 2 is 1.47 bits per heavy atom. The number of ether oxygens (including phenoxy) is 1. The van der Waals surface area contributed by atoms with E-state index in [1.165, 1.54) is 0 Å². The van der Waals surface area contributed by atoms with Crippen molar-refractivity contribution in [1.82, 2.24) is 4.90 Å². The van der Waals surface area contributed by atoms with Crippen LogP contribution in [-0.2, 0) is 23.9 Å². The Kier molecular flexibility index (Phi) is 7.10. The van der Waals surface area contributed by atoms with Crippen LogP contribution in [0.2, 0.25) is 0 Å². The Labute approximate surface area is 103 Å². The molecule has 0 fully saturated rings. The molecule has 0 aliphatic rings. The van der Waals surface area contributed by atoms with E-state index in [1.807, 2.05) is 0 Å². The molecule has 4 N–H and O–H groups in total. The van der Waals surface area contributed by atoms with Crippen LogP contribution in [0.25, 0.3) is 0 Å². The summed E-state index contributed by atoms with van der Waals surface area (Å²) >= 11 is 3.58. The smallest absolute Gasteiger partial charge is 0.333 e. The fourth-order valence-electron chi connectivity index (χ4n) is 0.856. The number of hydrogen-bond donors (Lipinski definition) is 3. The Bertz CT molecular complexity index is 317. The maximum absolute atomic E-state index is 11.2. The minimum absolute atomic E-state index is 0.290. The van der Waals surface area contributed by atoms with Crippen molar-refractivity contribution in [3.8, 4) is 0 Å². The quantitative estimate of drug-likeness (QED) is 0.278. The summed E-state index contributed by atoms with van der Waals surface area (Å²) < 4.78 is 4.24. The zero-order chi connectivity index (χ0) is 13.4. The lowest BCUT2D eigenvalue weighted by Gasteiger charge is -2.17. The monoisotopic (exact) mass is 263 g/mol. The van der Waals surface area contributed by atoms with E-state index >= 15 is 0 Å². The summed E-state index contributed by atoms with van der Waals surface area (Å²) in [5.41, 5.74) is 10.1. The fraction of sp³-hybridized carbons (Fsp3) is 0.500. The van der Waals surface area contributed by atoms with Crippen LogP contribution in [0.5, 0.6) is 0 Å². The van der Waals surface area contributed by atoms with Crippen molar-refractivity contribution >= 4 is 36.4 Å². The SMILES string of the molecule is NCC(=O)N(CC(=O)OC(=O)CS)C(=O)CN. The van der Waals surface area contributed by atoms with Gasteiger partial charge < -0.3 is 16.2 Å². The number of hydrogen-bond acceptors (Lipinski definition) is 8. The first kappa shape index (κ1) is 15.6. The highest BCUT2D eigenvalue weighted by molar-refractivity contribution is 7.81. The Morgan fingerprint density at radius 3 is 1.82 bits per heavy atom. The first-order valence-corrected chi connectivity index (χ1v) is 5.17. The number of thiol groups is 1. The van der Waals surface area contributed by atoms with E-state index in [0.717, 1.165) is 0 Å². The van der Waals surface area contributed by atoms with Crippen molar-refractivity contribution in [3.05, 3.63) is 0 Å². The number of esters is 2. The van der Waals surface area contributed by atoms with Gasteiger partial charge in [-0.3, -0.25) is 19.3 Å². The van der Waals surface area contributed by atoms with Crippen molar-refractivity contribution in [1.29, 1.82) is 0 Å². The largest absolute Gasteiger partial charge is 0.391 e. The van der Waals surface area contributed by atoms with Crippen molar-refractivity contribution in [3.63, 3.8) is 0 Å². The number of amides is 2. The normalized spacial score (nSPS) is 9.59. The highest BCUT2D eigenvalue weighted by atomic mass is 32.1. The lowest BCUT2D eigenvalue weighted by atomic mass is 10.4. The molecule has 0 rings (SSSR count). The van der Waals surface area contributed by atoms with Gasteiger partial charge >= 0.3 is 11.9 Å². The summed E-state index contributed by atoms with van der Waals surface area (Å²) in [6, 6.07) is 0. The molecule has 9 heteroatoms. The van der Waals surface area contributed by atoms with Gasteiger partial charge in [0.05, 0.1) is 18.8 Å². The molecule has 17 heavy (non-hydrogen) atoms. The zero-order valence-corrected chi connectivity index (χ0v) is 9.81. The molecule has 0 saturated carbocycles. The van der Waals surface area contributed by atoms with Gasteiger partial charge in [0.25, 0.3) is 0 Å². The van der Waals surface area contributed by atoms with Crippen LogP contribution in [0.3, 0.4) is 0 Å². The lowest BCUT2D eigenvalue weighted by Crippen LogP contribution is -2.46. The van der Waals surface area contributed by atoms with Crippen molar-refractivity contribution in [2.24, 2.45) is 11.5 Å². The van der Waals surface area contributed by atoms with E-state index in [4.69, 9.17) is 11.5 Å². The molecule has 8 nitrogen and oxygen atoms in total. The highest BCUT2D eigenvalue weighted by Gasteiger charge is 2.23. The van der Waals surface area contributed by atoms with Gasteiger partial charge in [-0.2, -0.15) is 12.6 Å². The molecule has 2 amide bonds. The van der Waals surface area contributed by atoms with Crippen molar-refractivity contribution in [2.75, 3.05) is 25.4 Å². The van der Waals surface area contributed by atoms with Crippen molar-refractivity contribution in [2.45, 2.75) is 0 Å². The van der Waals surface area contributed by atoms with E-state index in [1.54, 1.807) is 0 Å². The van der Waals surface area contributed by atoms with Gasteiger partial charge in [-0.1, -0.05) is 0 Å². The van der Waals surface area contributed by atoms with Crippen LogP contribution in [0.15, 0.2) is 0 Å². The van der Waals surface area contributed by atoms with Gasteiger partial charge in [-0.25, -0.2) is 4.79 Å². The summed E-state index contributed by atoms with van der Waals surface area (Å²) in [4.78, 5) is 44.9. The third-order valence-electron chi connectivity index (χ3n) is 1.60. The average Bonchev–Trinajstić information content (AvgIpc) is 2.33. The molecule has 96 valence electrons. The Balaban J connectivity index is 4.54. The molecular weight excluding hydrogens is 250 g/mol. The molecule has 0 spiro atoms. The van der Waals surface area contributed by atoms with Crippen molar-refractivity contribution < 1.29 is 23.9 Å². The minimum Gasteiger partial charge on any atom is -0.391 e. The summed E-state index contributed by atoms with van der Waals surface area (Å²) in [5, 5.41) is 0. The molecule has 0 aliphatic heterocycles. The maximum atomic E-state index is 11.2. The Morgan fingerprint density at radius 1 is 1.00 bits per heavy atom. The third kappa shape index (κ3) is 5.43. The highest BCUT2D eigenvalue weighted by Crippen LogP contribution is 1.93. The predicted molar refractivity (Wildman–Crippen MR) is 59.8 cm³/mol. The van der Waals surface area contributed by atoms with Gasteiger partial charge in [0, 0.05) is 0 Å². The van der Waals surface area contributed by atoms with E-state index in [0.29, 0.717) is 4.90 Å². The molecule has 0 bridgehead atoms. The van der Waals surface area contributed by atoms with E-state index < -0.39 is 43.4 Å². The number of imide groups is 1. The molecule has 0 aromatic heterocycles. The number of nitrogens with two attached hydrogens (primary N) is 2. The number of carbonyl (C=O) groups excluding carboxylic acids is 4. The standard InChI is InChI=1S/C8H13N3O5S/c9-1-5(12)11(6(13)2-10)3-7(14)16-8(15)4-17/h17H,1-4,9-10H2. The van der Waals surface area contributed by atoms with Gasteiger partial charge in [0.1, 0.15) is 6.54 Å². The topological polar surface area (TPSA) is 133 Å². The lowest BCUT2D eigenvalue weighted by molar-refractivity contribution is -0.162. The Hall–Kier alpha value is -1.45. The van der Waals surface area contributed by atoms with Gasteiger partial charge in [-0.15, -0.1) is 0 Å². The molecule has 0 aromatic rings. The predicted octanol–water partition coefficient (Wildman–Crippen LogP) is -2.74. The van der Waals surface area contributed by atoms with Crippen LogP contribution >= 0.6 is 12.6 Å². The zero-order valence-electron chi connectivity index (χ0n) is 8.92. The van der Waals surface area contributed by atoms with E-state index in [9.17, 15) is 19.2 Å². The van der Waals surface area contributed by atoms with E-state index in [2.05, 4.69) is 17.4 Å². The minimum atomic E-state index is -1.05. The number of nitrogens with zero attached hydrogens (tertiary/aromatic N) is 1. The number of rotatable bonds is 5. The second-order valence-corrected chi connectivity index (χ2v) is 3.10. The molecule has 0 heterocycles. The number of carbonyl (C=O) groups is 4. The molecule has 0 aromatic carbocycles. The first-order valence-electron chi connectivity index (χ1n) is 4.54. The van der Waals surface area contributed by atoms with Gasteiger partial charge in [0.2, 0.25) is 11.8 Å². The van der Waals surface area contributed by atoms with Crippen LogP contribution in [0.1, 0.15) is 0 Å². The van der Waals surface area contributed by atoms with E-state index in [-0.39, 0.29) is 5.75 Å². The van der Waals surface area contributed by atoms with Gasteiger partial charge in [-0.05, 0) is 0 Å². The second kappa shape index (κ2) is 7.76. The van der Waals surface area contributed by atoms with Crippen LogP contribution < -0.4 is 11.5 Å². The fourth-order valence-corrected chi connectivity index (χ4v) is 0.921. The molecular formula is C8H13N3O5S. The summed E-state index contributed by atoms with van der Waals surface area (Å²) in [7, 11) is 0. The van der Waals surface area contributed by atoms with Crippen LogP contribution in [0.4, 0.5) is 0 Å². The van der Waals surface area contributed by atoms with Gasteiger partial charge in [0.15, 0.2) is 0 Å². The molecule has 0 saturated heterocycles.